The first-order valence-corrected chi connectivity index (χ1v) is 8.54. The second kappa shape index (κ2) is 5.52. The van der Waals surface area contributed by atoms with Crippen LogP contribution in [-0.2, 0) is 4.79 Å². The van der Waals surface area contributed by atoms with Crippen LogP contribution in [0.25, 0.3) is 0 Å². The lowest BCUT2D eigenvalue weighted by atomic mass is 10.0. The van der Waals surface area contributed by atoms with Crippen LogP contribution < -0.4 is 4.90 Å². The summed E-state index contributed by atoms with van der Waals surface area (Å²) in [6, 6.07) is 1.91. The van der Waals surface area contributed by atoms with E-state index in [2.05, 4.69) is 19.8 Å². The molecule has 0 bridgehead atoms. The first-order chi connectivity index (χ1) is 10.7. The van der Waals surface area contributed by atoms with Crippen LogP contribution in [0.1, 0.15) is 31.4 Å². The molecule has 3 aliphatic rings. The minimum atomic E-state index is 0.128. The number of aryl methyl sites for hydroxylation is 1. The molecule has 4 rings (SSSR count). The third kappa shape index (κ3) is 2.46. The summed E-state index contributed by atoms with van der Waals surface area (Å²) in [5, 5.41) is 0. The average Bonchev–Trinajstić information content (AvgIpc) is 3.22. The van der Waals surface area contributed by atoms with Gasteiger partial charge in [-0.15, -0.1) is 0 Å². The van der Waals surface area contributed by atoms with Gasteiger partial charge in [0.05, 0.1) is 5.92 Å². The third-order valence-corrected chi connectivity index (χ3v) is 5.64. The van der Waals surface area contributed by atoms with Crippen LogP contribution in [-0.4, -0.2) is 47.0 Å². The van der Waals surface area contributed by atoms with E-state index < -0.39 is 0 Å². The molecule has 0 spiro atoms. The number of hydrogen-bond donors (Lipinski definition) is 0. The summed E-state index contributed by atoms with van der Waals surface area (Å²) < 4.78 is 0. The molecule has 1 aromatic rings. The lowest BCUT2D eigenvalue weighted by Gasteiger charge is -2.22. The van der Waals surface area contributed by atoms with Gasteiger partial charge in [-0.1, -0.05) is 6.42 Å². The number of carbonyl (C=O) groups is 1. The van der Waals surface area contributed by atoms with E-state index >= 15 is 0 Å². The molecule has 1 aromatic heterocycles. The molecule has 5 heteroatoms. The zero-order valence-electron chi connectivity index (χ0n) is 13.2. The van der Waals surface area contributed by atoms with Crippen molar-refractivity contribution in [1.29, 1.82) is 0 Å². The van der Waals surface area contributed by atoms with Gasteiger partial charge in [0.2, 0.25) is 11.9 Å². The van der Waals surface area contributed by atoms with Crippen molar-refractivity contribution >= 4 is 11.9 Å². The van der Waals surface area contributed by atoms with Gasteiger partial charge in [0.15, 0.2) is 0 Å². The smallest absolute Gasteiger partial charge is 0.227 e. The standard InChI is InChI=1S/C17H24N4O/c1-12-5-7-18-17(19-12)20-8-6-15(11-20)16(22)21-9-13-3-2-4-14(13)10-21/h5,7,13-15H,2-4,6,8-11H2,1H3. The van der Waals surface area contributed by atoms with Crippen LogP contribution >= 0.6 is 0 Å². The van der Waals surface area contributed by atoms with Crippen LogP contribution in [0.2, 0.25) is 0 Å². The van der Waals surface area contributed by atoms with Gasteiger partial charge in [0, 0.05) is 38.1 Å². The van der Waals surface area contributed by atoms with E-state index in [9.17, 15) is 4.79 Å². The summed E-state index contributed by atoms with van der Waals surface area (Å²) in [7, 11) is 0. The van der Waals surface area contributed by atoms with Crippen LogP contribution in [0.4, 0.5) is 5.95 Å². The maximum Gasteiger partial charge on any atom is 0.227 e. The number of likely N-dealkylation sites (tertiary alicyclic amines) is 1. The van der Waals surface area contributed by atoms with Gasteiger partial charge >= 0.3 is 0 Å². The minimum Gasteiger partial charge on any atom is -0.342 e. The SMILES string of the molecule is Cc1ccnc(N2CCC(C(=O)N3CC4CCCC4C3)C2)n1. The van der Waals surface area contributed by atoms with E-state index in [0.717, 1.165) is 56.1 Å². The van der Waals surface area contributed by atoms with Crippen LogP contribution in [0.5, 0.6) is 0 Å². The summed E-state index contributed by atoms with van der Waals surface area (Å²) in [5.41, 5.74) is 0.979. The van der Waals surface area contributed by atoms with E-state index in [1.807, 2.05) is 13.0 Å². The van der Waals surface area contributed by atoms with Gasteiger partial charge in [-0.05, 0) is 44.1 Å². The Kier molecular flexibility index (Phi) is 3.51. The van der Waals surface area contributed by atoms with Gasteiger partial charge in [-0.25, -0.2) is 9.97 Å². The zero-order valence-corrected chi connectivity index (χ0v) is 13.2. The van der Waals surface area contributed by atoms with Crippen LogP contribution in [0.15, 0.2) is 12.3 Å². The summed E-state index contributed by atoms with van der Waals surface area (Å²) in [5.74, 6) is 2.82. The number of hydrogen-bond acceptors (Lipinski definition) is 4. The molecule has 2 aliphatic heterocycles. The third-order valence-electron chi connectivity index (χ3n) is 5.64. The Bertz CT molecular complexity index is 564. The molecule has 22 heavy (non-hydrogen) atoms. The minimum absolute atomic E-state index is 0.128. The molecule has 3 atom stereocenters. The Labute approximate surface area is 131 Å². The Morgan fingerprint density at radius 3 is 2.68 bits per heavy atom. The molecule has 118 valence electrons. The molecule has 0 aromatic carbocycles. The van der Waals surface area contributed by atoms with Crippen molar-refractivity contribution in [3.05, 3.63) is 18.0 Å². The van der Waals surface area contributed by atoms with Crippen molar-refractivity contribution in [2.75, 3.05) is 31.1 Å². The van der Waals surface area contributed by atoms with Crippen molar-refractivity contribution in [2.45, 2.75) is 32.6 Å². The van der Waals surface area contributed by atoms with Crippen molar-refractivity contribution in [3.8, 4) is 0 Å². The Hall–Kier alpha value is -1.65. The highest BCUT2D eigenvalue weighted by molar-refractivity contribution is 5.80. The molecule has 1 saturated carbocycles. The largest absolute Gasteiger partial charge is 0.342 e. The molecule has 0 N–H and O–H groups in total. The Morgan fingerprint density at radius 1 is 1.18 bits per heavy atom. The van der Waals surface area contributed by atoms with E-state index in [1.165, 1.54) is 19.3 Å². The van der Waals surface area contributed by atoms with Crippen molar-refractivity contribution in [1.82, 2.24) is 14.9 Å². The molecule has 0 radical (unpaired) electrons. The average molecular weight is 300 g/mol. The molecule has 3 heterocycles. The number of carbonyl (C=O) groups excluding carboxylic acids is 1. The number of amides is 1. The van der Waals surface area contributed by atoms with E-state index in [-0.39, 0.29) is 5.92 Å². The van der Waals surface area contributed by atoms with E-state index in [4.69, 9.17) is 0 Å². The Morgan fingerprint density at radius 2 is 1.95 bits per heavy atom. The van der Waals surface area contributed by atoms with Gasteiger partial charge in [-0.3, -0.25) is 4.79 Å². The number of nitrogens with zero attached hydrogens (tertiary/aromatic N) is 4. The highest BCUT2D eigenvalue weighted by atomic mass is 16.2. The fourth-order valence-corrected chi connectivity index (χ4v) is 4.40. The summed E-state index contributed by atoms with van der Waals surface area (Å²) in [6.07, 6.45) is 6.74. The molecule has 2 saturated heterocycles. The first-order valence-electron chi connectivity index (χ1n) is 8.54. The highest BCUT2D eigenvalue weighted by Crippen LogP contribution is 2.38. The van der Waals surface area contributed by atoms with E-state index in [1.54, 1.807) is 6.20 Å². The molecule has 5 nitrogen and oxygen atoms in total. The molecular weight excluding hydrogens is 276 g/mol. The molecule has 1 aliphatic carbocycles. The van der Waals surface area contributed by atoms with Crippen LogP contribution in [0.3, 0.4) is 0 Å². The number of anilines is 1. The second-order valence-corrected chi connectivity index (χ2v) is 7.12. The normalized spacial score (nSPS) is 30.9. The first kappa shape index (κ1) is 14.0. The maximum atomic E-state index is 12.8. The van der Waals surface area contributed by atoms with Crippen molar-refractivity contribution in [2.24, 2.45) is 17.8 Å². The second-order valence-electron chi connectivity index (χ2n) is 7.12. The molecule has 1 amide bonds. The van der Waals surface area contributed by atoms with E-state index in [0.29, 0.717) is 5.91 Å². The highest BCUT2D eigenvalue weighted by Gasteiger charge is 2.41. The van der Waals surface area contributed by atoms with Gasteiger partial charge in [-0.2, -0.15) is 0 Å². The maximum absolute atomic E-state index is 12.8. The topological polar surface area (TPSA) is 49.3 Å². The molecule has 3 fully saturated rings. The van der Waals surface area contributed by atoms with Gasteiger partial charge in [0.1, 0.15) is 0 Å². The molecule has 3 unspecified atom stereocenters. The van der Waals surface area contributed by atoms with Gasteiger partial charge in [0.25, 0.3) is 0 Å². The van der Waals surface area contributed by atoms with Crippen LogP contribution in [0, 0.1) is 24.7 Å². The fourth-order valence-electron chi connectivity index (χ4n) is 4.40. The zero-order chi connectivity index (χ0) is 15.1. The van der Waals surface area contributed by atoms with Crippen molar-refractivity contribution < 1.29 is 4.79 Å². The van der Waals surface area contributed by atoms with Gasteiger partial charge < -0.3 is 9.80 Å². The summed E-state index contributed by atoms with van der Waals surface area (Å²) in [4.78, 5) is 25.9. The lowest BCUT2D eigenvalue weighted by Crippen LogP contribution is -2.36. The Balaban J connectivity index is 1.39. The number of rotatable bonds is 2. The number of fused-ring (bicyclic) bond motifs is 1. The quantitative estimate of drug-likeness (QED) is 0.836. The predicted octanol–water partition coefficient (Wildman–Crippen LogP) is 1.87. The number of aromatic nitrogens is 2. The predicted molar refractivity (Wildman–Crippen MR) is 84.5 cm³/mol. The molecular formula is C17H24N4O. The summed E-state index contributed by atoms with van der Waals surface area (Å²) >= 11 is 0. The lowest BCUT2D eigenvalue weighted by molar-refractivity contribution is -0.134. The monoisotopic (exact) mass is 300 g/mol. The fraction of sp³-hybridized carbons (Fsp3) is 0.706. The van der Waals surface area contributed by atoms with Crippen molar-refractivity contribution in [3.63, 3.8) is 0 Å². The summed E-state index contributed by atoms with van der Waals surface area (Å²) in [6.45, 7) is 5.64.